The molecule has 0 radical (unpaired) electrons. The number of aliphatic hydroxyl groups is 4. The number of hydrogen-bond acceptors (Lipinski definition) is 10. The minimum Gasteiger partial charge on any atom is -0.504 e. The van der Waals surface area contributed by atoms with Crippen LogP contribution in [0.25, 0.3) is 0 Å². The van der Waals surface area contributed by atoms with E-state index in [1.807, 2.05) is 0 Å². The molecule has 9 atom stereocenters. The second kappa shape index (κ2) is 9.66. The van der Waals surface area contributed by atoms with Gasteiger partial charge in [0.15, 0.2) is 17.8 Å². The summed E-state index contributed by atoms with van der Waals surface area (Å²) < 4.78 is 22.3. The van der Waals surface area contributed by atoms with Crippen molar-refractivity contribution >= 4 is 5.91 Å². The van der Waals surface area contributed by atoms with Gasteiger partial charge in [0.1, 0.15) is 24.4 Å². The van der Waals surface area contributed by atoms with E-state index in [2.05, 4.69) is 6.58 Å². The van der Waals surface area contributed by atoms with Crippen LogP contribution in [0.5, 0.6) is 11.5 Å². The Balaban J connectivity index is 1.41. The molecule has 5 rings (SSSR count). The van der Waals surface area contributed by atoms with Gasteiger partial charge in [0.2, 0.25) is 6.29 Å². The number of carbonyl (C=O) groups is 1. The number of rotatable bonds is 5. The van der Waals surface area contributed by atoms with E-state index < -0.39 is 49.5 Å². The monoisotopic (exact) mass is 505 g/mol. The van der Waals surface area contributed by atoms with Gasteiger partial charge >= 0.3 is 0 Å². The van der Waals surface area contributed by atoms with Crippen LogP contribution in [0.2, 0.25) is 0 Å². The zero-order valence-electron chi connectivity index (χ0n) is 19.8. The normalized spacial score (nSPS) is 37.7. The molecule has 4 aliphatic rings. The van der Waals surface area contributed by atoms with Crippen molar-refractivity contribution in [2.24, 2.45) is 11.8 Å². The molecule has 0 unspecified atom stereocenters. The average molecular weight is 506 g/mol. The third-order valence-corrected chi connectivity index (χ3v) is 7.68. The van der Waals surface area contributed by atoms with Crippen molar-refractivity contribution in [1.29, 1.82) is 0 Å². The number of piperidine rings is 1. The number of methoxy groups -OCH3 is 1. The number of fused-ring (bicyclic) bond motifs is 4. The standard InChI is InChI=1S/C25H31NO10/c1-3-12-14-7-16-13-8-17(28)18(33-2)6-11(13)4-5-26(16)23(32)15(14)10-34-24(12)36-25-22(31)21(30)20(29)19(9-27)35-25/h3,6,8,10,12,14,16,19-22,24-25,27-31H,1,4-5,7,9H2,2H3/t12-,14+,16-,19-,20-,21+,22-,24+,25+/m1/s1. The Hall–Kier alpha value is -2.67. The number of phenols is 1. The van der Waals surface area contributed by atoms with Gasteiger partial charge in [-0.1, -0.05) is 6.08 Å². The lowest BCUT2D eigenvalue weighted by Crippen LogP contribution is -2.60. The summed E-state index contributed by atoms with van der Waals surface area (Å²) in [5.74, 6) is -0.637. The first-order valence-electron chi connectivity index (χ1n) is 11.9. The van der Waals surface area contributed by atoms with Gasteiger partial charge in [-0.3, -0.25) is 4.79 Å². The lowest BCUT2D eigenvalue weighted by molar-refractivity contribution is -0.339. The van der Waals surface area contributed by atoms with Gasteiger partial charge in [-0.2, -0.15) is 0 Å². The molecule has 0 aromatic heterocycles. The summed E-state index contributed by atoms with van der Waals surface area (Å²) in [5, 5.41) is 50.4. The Bertz CT molecular complexity index is 1060. The molecule has 4 heterocycles. The second-order valence-corrected chi connectivity index (χ2v) is 9.55. The Morgan fingerprint density at radius 3 is 2.67 bits per heavy atom. The number of carbonyl (C=O) groups excluding carboxylic acids is 1. The average Bonchev–Trinajstić information content (AvgIpc) is 2.88. The summed E-state index contributed by atoms with van der Waals surface area (Å²) in [4.78, 5) is 15.2. The van der Waals surface area contributed by atoms with Crippen molar-refractivity contribution < 1.29 is 49.3 Å². The number of nitrogens with zero attached hydrogens (tertiary/aromatic N) is 1. The Kier molecular flexibility index (Phi) is 6.70. The van der Waals surface area contributed by atoms with E-state index in [0.29, 0.717) is 30.7 Å². The van der Waals surface area contributed by atoms with Gasteiger partial charge in [0, 0.05) is 18.4 Å². The Labute approximate surface area is 207 Å². The molecule has 4 aliphatic heterocycles. The number of benzene rings is 1. The van der Waals surface area contributed by atoms with E-state index in [1.54, 1.807) is 23.1 Å². The number of aliphatic hydroxyl groups excluding tert-OH is 4. The van der Waals surface area contributed by atoms with E-state index in [1.165, 1.54) is 13.4 Å². The fourth-order valence-corrected chi connectivity index (χ4v) is 5.70. The number of aromatic hydroxyl groups is 1. The minimum absolute atomic E-state index is 0.00274. The minimum atomic E-state index is -1.59. The summed E-state index contributed by atoms with van der Waals surface area (Å²) in [6.07, 6.45) is -4.10. The third kappa shape index (κ3) is 3.96. The van der Waals surface area contributed by atoms with E-state index >= 15 is 0 Å². The van der Waals surface area contributed by atoms with Gasteiger partial charge in [-0.15, -0.1) is 6.58 Å². The van der Waals surface area contributed by atoms with E-state index in [4.69, 9.17) is 18.9 Å². The highest BCUT2D eigenvalue weighted by molar-refractivity contribution is 5.95. The van der Waals surface area contributed by atoms with Crippen molar-refractivity contribution in [3.05, 3.63) is 47.7 Å². The van der Waals surface area contributed by atoms with E-state index in [9.17, 15) is 30.3 Å². The molecular formula is C25H31NO10. The maximum Gasteiger partial charge on any atom is 0.253 e. The van der Waals surface area contributed by atoms with Crippen LogP contribution >= 0.6 is 0 Å². The van der Waals surface area contributed by atoms with Crippen LogP contribution in [-0.2, 0) is 25.4 Å². The Morgan fingerprint density at radius 2 is 1.97 bits per heavy atom. The molecule has 0 bridgehead atoms. The quantitative estimate of drug-likeness (QED) is 0.337. The molecular weight excluding hydrogens is 474 g/mol. The molecule has 1 amide bonds. The molecule has 11 heteroatoms. The number of hydrogen-bond donors (Lipinski definition) is 5. The molecule has 36 heavy (non-hydrogen) atoms. The molecule has 2 fully saturated rings. The van der Waals surface area contributed by atoms with Crippen molar-refractivity contribution in [2.45, 2.75) is 55.9 Å². The van der Waals surface area contributed by atoms with Gasteiger partial charge in [0.25, 0.3) is 5.91 Å². The van der Waals surface area contributed by atoms with Gasteiger partial charge in [-0.25, -0.2) is 0 Å². The molecule has 2 saturated heterocycles. The van der Waals surface area contributed by atoms with Crippen LogP contribution in [-0.4, -0.2) is 93.6 Å². The van der Waals surface area contributed by atoms with Crippen molar-refractivity contribution in [3.63, 3.8) is 0 Å². The largest absolute Gasteiger partial charge is 0.504 e. The first-order valence-corrected chi connectivity index (χ1v) is 11.9. The van der Waals surface area contributed by atoms with Crippen LogP contribution < -0.4 is 4.74 Å². The molecule has 1 aromatic rings. The first kappa shape index (κ1) is 25.0. The molecule has 0 aliphatic carbocycles. The second-order valence-electron chi connectivity index (χ2n) is 9.55. The van der Waals surface area contributed by atoms with Crippen molar-refractivity contribution in [2.75, 3.05) is 20.3 Å². The molecule has 0 spiro atoms. The highest BCUT2D eigenvalue weighted by Gasteiger charge is 2.50. The summed E-state index contributed by atoms with van der Waals surface area (Å²) in [7, 11) is 1.49. The maximum atomic E-state index is 13.4. The fraction of sp³-hybridized carbons (Fsp3) is 0.560. The van der Waals surface area contributed by atoms with Crippen molar-refractivity contribution in [3.8, 4) is 11.5 Å². The van der Waals surface area contributed by atoms with E-state index in [-0.39, 0.29) is 23.6 Å². The number of ether oxygens (including phenoxy) is 4. The Morgan fingerprint density at radius 1 is 1.19 bits per heavy atom. The summed E-state index contributed by atoms with van der Waals surface area (Å²) in [6.45, 7) is 3.83. The van der Waals surface area contributed by atoms with Gasteiger partial charge in [0.05, 0.1) is 31.6 Å². The molecule has 0 saturated carbocycles. The predicted octanol–water partition coefficient (Wildman–Crippen LogP) is -0.295. The number of phenolic OH excluding ortho intramolecular Hbond substituents is 1. The molecule has 5 N–H and O–H groups in total. The van der Waals surface area contributed by atoms with Crippen LogP contribution in [0.15, 0.2) is 36.6 Å². The van der Waals surface area contributed by atoms with Crippen LogP contribution in [0.3, 0.4) is 0 Å². The van der Waals surface area contributed by atoms with E-state index in [0.717, 1.165) is 11.1 Å². The highest BCUT2D eigenvalue weighted by atomic mass is 16.8. The van der Waals surface area contributed by atoms with Gasteiger partial charge < -0.3 is 49.4 Å². The zero-order chi connectivity index (χ0) is 25.7. The van der Waals surface area contributed by atoms with Crippen LogP contribution in [0.1, 0.15) is 23.6 Å². The molecule has 1 aromatic carbocycles. The fourth-order valence-electron chi connectivity index (χ4n) is 5.70. The maximum absolute atomic E-state index is 13.4. The summed E-state index contributed by atoms with van der Waals surface area (Å²) >= 11 is 0. The lowest BCUT2D eigenvalue weighted by Gasteiger charge is -2.48. The molecule has 196 valence electrons. The van der Waals surface area contributed by atoms with Crippen LogP contribution in [0.4, 0.5) is 0 Å². The third-order valence-electron chi connectivity index (χ3n) is 7.68. The predicted molar refractivity (Wildman–Crippen MR) is 122 cm³/mol. The highest BCUT2D eigenvalue weighted by Crippen LogP contribution is 2.49. The smallest absolute Gasteiger partial charge is 0.253 e. The number of amides is 1. The summed E-state index contributed by atoms with van der Waals surface area (Å²) in [5.41, 5.74) is 2.33. The van der Waals surface area contributed by atoms with Gasteiger partial charge in [-0.05, 0) is 36.1 Å². The van der Waals surface area contributed by atoms with Crippen LogP contribution in [0, 0.1) is 11.8 Å². The lowest BCUT2D eigenvalue weighted by atomic mass is 9.73. The molecule has 11 nitrogen and oxygen atoms in total. The van der Waals surface area contributed by atoms with Crippen molar-refractivity contribution in [1.82, 2.24) is 4.90 Å². The topological polar surface area (TPSA) is 158 Å². The zero-order valence-corrected chi connectivity index (χ0v) is 19.8. The first-order chi connectivity index (χ1) is 17.3. The summed E-state index contributed by atoms with van der Waals surface area (Å²) in [6, 6.07) is 3.17. The SMILES string of the molecule is C=C[C@H]1[C@H](O[C@@H]2O[C@H](CO)[C@@H](O)[C@H](O)[C@H]2O)OC=C2C(=O)N3CCc4cc(OC)c(O)cc4[C@H]3C[C@H]21.